The summed E-state index contributed by atoms with van der Waals surface area (Å²) in [6.07, 6.45) is 1.51. The number of rotatable bonds is 14. The Balaban J connectivity index is 1.32. The van der Waals surface area contributed by atoms with E-state index in [1.165, 1.54) is 36.4 Å². The number of carbonyl (C=O) groups excluding carboxylic acids is 2. The standard InChI is InChI=1S/C40H50FN7O5/c1-8-29(6)43-38(49)30-12-14-34(35(24-30)51-7)53-40(50)48(37-27(4)10-9-11-28(37)5)36-16-17-42-39(45-36)44-31-13-15-33(32(41)25-31)52-23-22-46-18-20-47(21-19-46)26(2)3/h9-17,24-26,29H,8,18-23H2,1-7H3,(H,43,49)(H,42,44,45). The predicted molar refractivity (Wildman–Crippen MR) is 205 cm³/mol. The van der Waals surface area contributed by atoms with Crippen LogP contribution in [-0.2, 0) is 0 Å². The summed E-state index contributed by atoms with van der Waals surface area (Å²) in [5.41, 5.74) is 2.94. The van der Waals surface area contributed by atoms with E-state index < -0.39 is 11.9 Å². The Morgan fingerprint density at radius 3 is 2.32 bits per heavy atom. The van der Waals surface area contributed by atoms with Gasteiger partial charge < -0.3 is 24.8 Å². The van der Waals surface area contributed by atoms with E-state index >= 15 is 4.39 Å². The van der Waals surface area contributed by atoms with Crippen LogP contribution in [0.2, 0.25) is 0 Å². The van der Waals surface area contributed by atoms with Gasteiger partial charge in [0.2, 0.25) is 5.95 Å². The highest BCUT2D eigenvalue weighted by Crippen LogP contribution is 2.35. The molecule has 4 aromatic rings. The summed E-state index contributed by atoms with van der Waals surface area (Å²) >= 11 is 0. The van der Waals surface area contributed by atoms with Crippen molar-refractivity contribution < 1.29 is 28.2 Å². The van der Waals surface area contributed by atoms with E-state index in [-0.39, 0.29) is 41.0 Å². The zero-order chi connectivity index (χ0) is 38.1. The van der Waals surface area contributed by atoms with Crippen molar-refractivity contribution in [2.75, 3.05) is 56.7 Å². The largest absolute Gasteiger partial charge is 0.493 e. The van der Waals surface area contributed by atoms with E-state index in [9.17, 15) is 9.59 Å². The van der Waals surface area contributed by atoms with E-state index in [4.69, 9.17) is 14.2 Å². The molecular weight excluding hydrogens is 677 g/mol. The third kappa shape index (κ3) is 9.99. The maximum absolute atomic E-state index is 15.2. The normalized spacial score (nSPS) is 14.1. The molecule has 13 heteroatoms. The molecule has 1 aliphatic rings. The van der Waals surface area contributed by atoms with Crippen LogP contribution < -0.4 is 29.7 Å². The lowest BCUT2D eigenvalue weighted by atomic mass is 10.1. The zero-order valence-corrected chi connectivity index (χ0v) is 31.6. The monoisotopic (exact) mass is 727 g/mol. The lowest BCUT2D eigenvalue weighted by Crippen LogP contribution is -2.49. The smallest absolute Gasteiger partial charge is 0.425 e. The van der Waals surface area contributed by atoms with Crippen LogP contribution in [0.5, 0.6) is 17.2 Å². The number of hydrogen-bond acceptors (Lipinski definition) is 10. The quantitative estimate of drug-likeness (QED) is 0.137. The molecule has 1 aliphatic heterocycles. The average molecular weight is 728 g/mol. The number of ether oxygens (including phenoxy) is 3. The van der Waals surface area contributed by atoms with Crippen LogP contribution in [0.1, 0.15) is 55.6 Å². The minimum atomic E-state index is -0.767. The van der Waals surface area contributed by atoms with Crippen molar-refractivity contribution in [3.63, 3.8) is 0 Å². The number of piperazine rings is 1. The van der Waals surface area contributed by atoms with Crippen LogP contribution in [0.3, 0.4) is 0 Å². The fraction of sp³-hybridized carbons (Fsp3) is 0.400. The molecule has 1 atom stereocenters. The molecule has 0 aliphatic carbocycles. The molecule has 1 unspecified atom stereocenters. The highest BCUT2D eigenvalue weighted by molar-refractivity contribution is 5.99. The number of benzene rings is 3. The predicted octanol–water partition coefficient (Wildman–Crippen LogP) is 7.25. The van der Waals surface area contributed by atoms with Crippen molar-refractivity contribution >= 4 is 35.1 Å². The minimum Gasteiger partial charge on any atom is -0.493 e. The summed E-state index contributed by atoms with van der Waals surface area (Å²) in [7, 11) is 1.44. The number of halogens is 1. The van der Waals surface area contributed by atoms with E-state index in [1.807, 2.05) is 45.9 Å². The minimum absolute atomic E-state index is 0.00656. The molecule has 0 spiro atoms. The molecule has 3 aromatic carbocycles. The number of nitrogens with one attached hydrogen (secondary N) is 2. The van der Waals surface area contributed by atoms with Gasteiger partial charge in [-0.2, -0.15) is 4.98 Å². The number of carbonyl (C=O) groups is 2. The van der Waals surface area contributed by atoms with Gasteiger partial charge in [-0.3, -0.25) is 14.6 Å². The third-order valence-corrected chi connectivity index (χ3v) is 9.32. The van der Waals surface area contributed by atoms with Gasteiger partial charge in [0.15, 0.2) is 23.1 Å². The second-order valence-electron chi connectivity index (χ2n) is 13.4. The van der Waals surface area contributed by atoms with E-state index in [0.717, 1.165) is 50.3 Å². The number of para-hydroxylation sites is 1. The maximum atomic E-state index is 15.2. The van der Waals surface area contributed by atoms with Crippen LogP contribution in [0, 0.1) is 19.7 Å². The third-order valence-electron chi connectivity index (χ3n) is 9.32. The van der Waals surface area contributed by atoms with Gasteiger partial charge in [0.25, 0.3) is 5.91 Å². The van der Waals surface area contributed by atoms with Crippen molar-refractivity contribution in [2.24, 2.45) is 0 Å². The first-order chi connectivity index (χ1) is 25.5. The van der Waals surface area contributed by atoms with Crippen LogP contribution in [0.4, 0.5) is 32.3 Å². The van der Waals surface area contributed by atoms with Gasteiger partial charge in [0.05, 0.1) is 12.8 Å². The second kappa shape index (κ2) is 18.0. The van der Waals surface area contributed by atoms with Gasteiger partial charge in [0.1, 0.15) is 12.4 Å². The highest BCUT2D eigenvalue weighted by atomic mass is 19.1. The van der Waals surface area contributed by atoms with Gasteiger partial charge >= 0.3 is 6.09 Å². The molecule has 2 N–H and O–H groups in total. The number of hydrogen-bond donors (Lipinski definition) is 2. The lowest BCUT2D eigenvalue weighted by molar-refractivity contribution is 0.0938. The summed E-state index contributed by atoms with van der Waals surface area (Å²) < 4.78 is 32.4. The number of anilines is 4. The summed E-state index contributed by atoms with van der Waals surface area (Å²) in [4.78, 5) is 41.9. The van der Waals surface area contributed by atoms with E-state index in [1.54, 1.807) is 24.3 Å². The Bertz CT molecular complexity index is 1860. The maximum Gasteiger partial charge on any atom is 0.425 e. The van der Waals surface area contributed by atoms with Crippen molar-refractivity contribution in [1.29, 1.82) is 0 Å². The number of aromatic nitrogens is 2. The molecule has 0 radical (unpaired) electrons. The first kappa shape index (κ1) is 38.9. The van der Waals surface area contributed by atoms with Crippen molar-refractivity contribution in [3.05, 3.63) is 89.4 Å². The molecule has 2 amide bonds. The van der Waals surface area contributed by atoms with Gasteiger partial charge in [-0.25, -0.2) is 19.1 Å². The Morgan fingerprint density at radius 2 is 1.66 bits per heavy atom. The fourth-order valence-corrected chi connectivity index (χ4v) is 6.05. The van der Waals surface area contributed by atoms with Crippen LogP contribution in [-0.4, -0.2) is 90.3 Å². The summed E-state index contributed by atoms with van der Waals surface area (Å²) in [5, 5.41) is 5.96. The molecule has 12 nitrogen and oxygen atoms in total. The number of amides is 2. The topological polar surface area (TPSA) is 121 Å². The first-order valence-corrected chi connectivity index (χ1v) is 18.0. The van der Waals surface area contributed by atoms with Crippen molar-refractivity contribution in [3.8, 4) is 17.2 Å². The molecule has 282 valence electrons. The van der Waals surface area contributed by atoms with Crippen molar-refractivity contribution in [2.45, 2.75) is 60.0 Å². The average Bonchev–Trinajstić information content (AvgIpc) is 3.14. The molecule has 1 saturated heterocycles. The Morgan fingerprint density at radius 1 is 0.943 bits per heavy atom. The number of methoxy groups -OCH3 is 1. The SMILES string of the molecule is CCC(C)NC(=O)c1ccc(OC(=O)N(c2ccnc(Nc3ccc(OCCN4CCN(C(C)C)CC4)c(F)c3)n2)c2c(C)cccc2C)c(OC)c1. The Labute approximate surface area is 311 Å². The van der Waals surface area contributed by atoms with Crippen LogP contribution in [0.25, 0.3) is 0 Å². The first-order valence-electron chi connectivity index (χ1n) is 18.0. The molecule has 5 rings (SSSR count). The van der Waals surface area contributed by atoms with Crippen LogP contribution >= 0.6 is 0 Å². The summed E-state index contributed by atoms with van der Waals surface area (Å²) in [6, 6.07) is 17.0. The highest BCUT2D eigenvalue weighted by Gasteiger charge is 2.27. The Kier molecular flexibility index (Phi) is 13.2. The van der Waals surface area contributed by atoms with Crippen molar-refractivity contribution in [1.82, 2.24) is 25.1 Å². The number of nitrogens with zero attached hydrogens (tertiary/aromatic N) is 5. The van der Waals surface area contributed by atoms with Crippen LogP contribution in [0.15, 0.2) is 66.9 Å². The van der Waals surface area contributed by atoms with Gasteiger partial charge in [-0.1, -0.05) is 25.1 Å². The summed E-state index contributed by atoms with van der Waals surface area (Å²) in [6.45, 7) is 17.1. The molecule has 1 aromatic heterocycles. The van der Waals surface area contributed by atoms with Gasteiger partial charge in [-0.05, 0) is 82.5 Å². The number of aryl methyl sites for hydroxylation is 2. The second-order valence-corrected chi connectivity index (χ2v) is 13.4. The zero-order valence-electron chi connectivity index (χ0n) is 31.6. The molecule has 0 bridgehead atoms. The van der Waals surface area contributed by atoms with E-state index in [0.29, 0.717) is 29.6 Å². The molecule has 1 fully saturated rings. The molecular formula is C40H50FN7O5. The molecule has 2 heterocycles. The summed E-state index contributed by atoms with van der Waals surface area (Å²) in [5.74, 6) is 0.0521. The van der Waals surface area contributed by atoms with Gasteiger partial charge in [-0.15, -0.1) is 0 Å². The molecule has 53 heavy (non-hydrogen) atoms. The fourth-order valence-electron chi connectivity index (χ4n) is 6.05. The van der Waals surface area contributed by atoms with Gasteiger partial charge in [0, 0.05) is 74.4 Å². The van der Waals surface area contributed by atoms with E-state index in [2.05, 4.69) is 44.2 Å². The lowest BCUT2D eigenvalue weighted by Gasteiger charge is -2.36. The molecule has 0 saturated carbocycles. The Hall–Kier alpha value is -5.27.